The van der Waals surface area contributed by atoms with Crippen molar-refractivity contribution in [2.45, 2.75) is 13.8 Å². The van der Waals surface area contributed by atoms with Crippen LogP contribution in [-0.2, 0) is 0 Å². The van der Waals surface area contributed by atoms with E-state index >= 15 is 0 Å². The highest BCUT2D eigenvalue weighted by atomic mass is 79.9. The van der Waals surface area contributed by atoms with Crippen molar-refractivity contribution in [3.63, 3.8) is 0 Å². The summed E-state index contributed by atoms with van der Waals surface area (Å²) in [5.74, 6) is 1.71. The van der Waals surface area contributed by atoms with Gasteiger partial charge in [-0.25, -0.2) is 4.98 Å². The van der Waals surface area contributed by atoms with Gasteiger partial charge in [0.25, 0.3) is 0 Å². The zero-order chi connectivity index (χ0) is 12.0. The van der Waals surface area contributed by atoms with Crippen molar-refractivity contribution in [2.24, 2.45) is 5.92 Å². The van der Waals surface area contributed by atoms with Crippen LogP contribution in [0.5, 0.6) is 0 Å². The van der Waals surface area contributed by atoms with Crippen molar-refractivity contribution >= 4 is 21.7 Å². The number of nitrogens with zero attached hydrogens (tertiary/aromatic N) is 2. The summed E-state index contributed by atoms with van der Waals surface area (Å²) in [5, 5.41) is 3.42. The molecule has 0 atom stereocenters. The number of hydrogen-bond acceptors (Lipinski definition) is 3. The summed E-state index contributed by atoms with van der Waals surface area (Å²) in [6.07, 6.45) is 1.83. The quantitative estimate of drug-likeness (QED) is 0.815. The second-order valence-corrected chi connectivity index (χ2v) is 5.27. The van der Waals surface area contributed by atoms with Crippen LogP contribution in [0.25, 0.3) is 0 Å². The number of nitrogens with one attached hydrogen (secondary N) is 1. The number of hydrogen-bond donors (Lipinski definition) is 1. The zero-order valence-electron chi connectivity index (χ0n) is 10.2. The Morgan fingerprint density at radius 1 is 1.44 bits per heavy atom. The molecule has 16 heavy (non-hydrogen) atoms. The number of pyridine rings is 1. The molecule has 1 heterocycles. The summed E-state index contributed by atoms with van der Waals surface area (Å²) in [4.78, 5) is 6.50. The van der Waals surface area contributed by atoms with Gasteiger partial charge in [-0.2, -0.15) is 0 Å². The minimum atomic E-state index is 0.705. The monoisotopic (exact) mass is 285 g/mol. The molecule has 0 bridgehead atoms. The molecule has 0 saturated carbocycles. The van der Waals surface area contributed by atoms with Crippen LogP contribution in [0, 0.1) is 5.92 Å². The van der Waals surface area contributed by atoms with Gasteiger partial charge in [0.15, 0.2) is 0 Å². The molecule has 0 aliphatic rings. The summed E-state index contributed by atoms with van der Waals surface area (Å²) in [7, 11) is 2.06. The molecule has 0 fully saturated rings. The smallest absolute Gasteiger partial charge is 0.128 e. The fraction of sp³-hybridized carbons (Fsp3) is 0.583. The summed E-state index contributed by atoms with van der Waals surface area (Å²) in [6, 6.07) is 4.03. The molecule has 1 aromatic rings. The molecule has 90 valence electrons. The second kappa shape index (κ2) is 6.86. The Bertz CT molecular complexity index is 298. The van der Waals surface area contributed by atoms with E-state index < -0.39 is 0 Å². The van der Waals surface area contributed by atoms with Gasteiger partial charge < -0.3 is 10.2 Å². The Balaban J connectivity index is 2.29. The number of rotatable bonds is 6. The first kappa shape index (κ1) is 13.5. The van der Waals surface area contributed by atoms with Gasteiger partial charge in [0.05, 0.1) is 0 Å². The third-order valence-electron chi connectivity index (χ3n) is 2.28. The van der Waals surface area contributed by atoms with E-state index in [9.17, 15) is 0 Å². The van der Waals surface area contributed by atoms with Crippen LogP contribution < -0.4 is 10.2 Å². The Morgan fingerprint density at radius 3 is 2.75 bits per heavy atom. The largest absolute Gasteiger partial charge is 0.358 e. The summed E-state index contributed by atoms with van der Waals surface area (Å²) < 4.78 is 1.02. The maximum absolute atomic E-state index is 4.34. The first-order valence-electron chi connectivity index (χ1n) is 5.63. The Morgan fingerprint density at radius 2 is 2.19 bits per heavy atom. The zero-order valence-corrected chi connectivity index (χ0v) is 11.8. The molecule has 0 aromatic carbocycles. The third kappa shape index (κ3) is 4.94. The van der Waals surface area contributed by atoms with Gasteiger partial charge in [-0.1, -0.05) is 13.8 Å². The molecule has 1 rings (SSSR count). The first-order chi connectivity index (χ1) is 7.59. The van der Waals surface area contributed by atoms with Gasteiger partial charge in [0, 0.05) is 30.8 Å². The van der Waals surface area contributed by atoms with E-state index in [0.29, 0.717) is 5.92 Å². The van der Waals surface area contributed by atoms with E-state index in [2.05, 4.69) is 52.0 Å². The van der Waals surface area contributed by atoms with Gasteiger partial charge in [0.2, 0.25) is 0 Å². The molecule has 0 saturated heterocycles. The minimum absolute atomic E-state index is 0.705. The van der Waals surface area contributed by atoms with Gasteiger partial charge in [0.1, 0.15) is 5.82 Å². The van der Waals surface area contributed by atoms with E-state index in [4.69, 9.17) is 0 Å². The molecule has 1 aromatic heterocycles. The van der Waals surface area contributed by atoms with Crippen LogP contribution in [0.3, 0.4) is 0 Å². The Hall–Kier alpha value is -0.610. The summed E-state index contributed by atoms with van der Waals surface area (Å²) >= 11 is 3.38. The highest BCUT2D eigenvalue weighted by molar-refractivity contribution is 9.10. The van der Waals surface area contributed by atoms with Crippen molar-refractivity contribution in [3.8, 4) is 0 Å². The molecule has 3 nitrogen and oxygen atoms in total. The number of anilines is 1. The van der Waals surface area contributed by atoms with Gasteiger partial charge in [-0.15, -0.1) is 0 Å². The number of halogens is 1. The van der Waals surface area contributed by atoms with Crippen LogP contribution in [0.2, 0.25) is 0 Å². The lowest BCUT2D eigenvalue weighted by atomic mass is 10.2. The van der Waals surface area contributed by atoms with Crippen LogP contribution in [-0.4, -0.2) is 31.7 Å². The van der Waals surface area contributed by atoms with E-state index in [1.807, 2.05) is 18.3 Å². The molecule has 0 aliphatic heterocycles. The standard InChI is InChI=1S/C12H20BrN3/c1-10(2)8-14-6-7-16(3)12-5-4-11(13)9-15-12/h4-5,9-10,14H,6-8H2,1-3H3. The highest BCUT2D eigenvalue weighted by Gasteiger charge is 2.01. The van der Waals surface area contributed by atoms with Crippen LogP contribution >= 0.6 is 15.9 Å². The fourth-order valence-electron chi connectivity index (χ4n) is 1.35. The Labute approximate surface area is 106 Å². The molecule has 0 radical (unpaired) electrons. The molecule has 4 heteroatoms. The fourth-order valence-corrected chi connectivity index (χ4v) is 1.58. The van der Waals surface area contributed by atoms with Crippen molar-refractivity contribution in [1.82, 2.24) is 10.3 Å². The third-order valence-corrected chi connectivity index (χ3v) is 2.75. The maximum Gasteiger partial charge on any atom is 0.128 e. The van der Waals surface area contributed by atoms with Crippen LogP contribution in [0.15, 0.2) is 22.8 Å². The topological polar surface area (TPSA) is 28.2 Å². The van der Waals surface area contributed by atoms with Crippen LogP contribution in [0.1, 0.15) is 13.8 Å². The van der Waals surface area contributed by atoms with Gasteiger partial charge in [-0.3, -0.25) is 0 Å². The maximum atomic E-state index is 4.34. The normalized spacial score (nSPS) is 10.8. The minimum Gasteiger partial charge on any atom is -0.358 e. The molecular weight excluding hydrogens is 266 g/mol. The van der Waals surface area contributed by atoms with E-state index in [-0.39, 0.29) is 0 Å². The lowest BCUT2D eigenvalue weighted by Gasteiger charge is -2.18. The van der Waals surface area contributed by atoms with Gasteiger partial charge >= 0.3 is 0 Å². The van der Waals surface area contributed by atoms with E-state index in [1.165, 1.54) is 0 Å². The van der Waals surface area contributed by atoms with Gasteiger partial charge in [-0.05, 0) is 40.5 Å². The van der Waals surface area contributed by atoms with Crippen molar-refractivity contribution < 1.29 is 0 Å². The average molecular weight is 286 g/mol. The average Bonchev–Trinajstić information content (AvgIpc) is 2.25. The molecule has 0 aliphatic carbocycles. The lowest BCUT2D eigenvalue weighted by molar-refractivity contribution is 0.554. The van der Waals surface area contributed by atoms with E-state index in [0.717, 1.165) is 29.9 Å². The lowest BCUT2D eigenvalue weighted by Crippen LogP contribution is -2.31. The van der Waals surface area contributed by atoms with Crippen LogP contribution in [0.4, 0.5) is 5.82 Å². The SMILES string of the molecule is CC(C)CNCCN(C)c1ccc(Br)cn1. The number of aromatic nitrogens is 1. The second-order valence-electron chi connectivity index (χ2n) is 4.35. The predicted octanol–water partition coefficient (Wildman–Crippen LogP) is 2.53. The van der Waals surface area contributed by atoms with Crippen molar-refractivity contribution in [3.05, 3.63) is 22.8 Å². The van der Waals surface area contributed by atoms with E-state index in [1.54, 1.807) is 0 Å². The predicted molar refractivity (Wildman–Crippen MR) is 72.9 cm³/mol. The molecular formula is C12H20BrN3. The Kier molecular flexibility index (Phi) is 5.77. The van der Waals surface area contributed by atoms with Crippen molar-refractivity contribution in [2.75, 3.05) is 31.6 Å². The molecule has 0 spiro atoms. The number of likely N-dealkylation sites (N-methyl/N-ethyl adjacent to an activating group) is 1. The molecule has 0 amide bonds. The molecule has 1 N–H and O–H groups in total. The molecule has 0 unspecified atom stereocenters. The highest BCUT2D eigenvalue weighted by Crippen LogP contribution is 2.12. The summed E-state index contributed by atoms with van der Waals surface area (Å²) in [6.45, 7) is 7.47. The van der Waals surface area contributed by atoms with Crippen molar-refractivity contribution in [1.29, 1.82) is 0 Å². The first-order valence-corrected chi connectivity index (χ1v) is 6.42. The summed E-state index contributed by atoms with van der Waals surface area (Å²) in [5.41, 5.74) is 0.